The average molecular weight is 752 g/mol. The molecule has 1 spiro atoms. The van der Waals surface area contributed by atoms with Gasteiger partial charge in [-0.1, -0.05) is 182 Å². The molecule has 0 N–H and O–H groups in total. The molecule has 3 heterocycles. The van der Waals surface area contributed by atoms with Crippen LogP contribution in [0.5, 0.6) is 11.5 Å². The van der Waals surface area contributed by atoms with Crippen molar-refractivity contribution in [2.45, 2.75) is 5.41 Å². The number of rotatable bonds is 3. The summed E-state index contributed by atoms with van der Waals surface area (Å²) in [5.74, 6) is 2.26. The number of fused-ring (bicyclic) bond motifs is 16. The maximum atomic E-state index is 7.29. The first-order chi connectivity index (χ1) is 29.3. The van der Waals surface area contributed by atoms with Crippen LogP contribution in [0.1, 0.15) is 22.3 Å². The van der Waals surface area contributed by atoms with E-state index < -0.39 is 5.41 Å². The number of hydrogen-bond acceptors (Lipinski definition) is 3. The van der Waals surface area contributed by atoms with Crippen molar-refractivity contribution in [2.75, 3.05) is 0 Å². The van der Waals surface area contributed by atoms with Crippen LogP contribution in [-0.4, -0.2) is 14.5 Å². The second-order valence-corrected chi connectivity index (χ2v) is 15.6. The number of benzene rings is 9. The van der Waals surface area contributed by atoms with Crippen molar-refractivity contribution in [3.8, 4) is 51.0 Å². The largest absolute Gasteiger partial charge is 0.454 e. The first kappa shape index (κ1) is 32.3. The maximum Gasteiger partial charge on any atom is 0.235 e. The van der Waals surface area contributed by atoms with Gasteiger partial charge in [-0.25, -0.2) is 9.97 Å². The normalized spacial score (nSPS) is 13.4. The minimum absolute atomic E-state index is 0.596. The highest BCUT2D eigenvalue weighted by atomic mass is 16.5. The highest BCUT2D eigenvalue weighted by Gasteiger charge is 2.51. The Bertz CT molecular complexity index is 3480. The third-order valence-electron chi connectivity index (χ3n) is 12.7. The van der Waals surface area contributed by atoms with Crippen molar-refractivity contribution in [3.05, 3.63) is 222 Å². The fourth-order valence-electron chi connectivity index (χ4n) is 10.2. The molecule has 4 heteroatoms. The maximum absolute atomic E-state index is 7.29. The van der Waals surface area contributed by atoms with Crippen molar-refractivity contribution in [3.63, 3.8) is 0 Å². The van der Waals surface area contributed by atoms with Crippen LogP contribution in [0, 0.1) is 0 Å². The number of para-hydroxylation sites is 2. The minimum Gasteiger partial charge on any atom is -0.454 e. The zero-order valence-corrected chi connectivity index (χ0v) is 31.8. The van der Waals surface area contributed by atoms with Crippen LogP contribution in [0.15, 0.2) is 200 Å². The van der Waals surface area contributed by atoms with Crippen LogP contribution in [0.4, 0.5) is 0 Å². The summed E-state index contributed by atoms with van der Waals surface area (Å²) in [6.07, 6.45) is 0. The van der Waals surface area contributed by atoms with Crippen LogP contribution in [0.25, 0.3) is 82.9 Å². The summed E-state index contributed by atoms with van der Waals surface area (Å²) in [6.45, 7) is 0. The van der Waals surface area contributed by atoms with Gasteiger partial charge in [-0.3, -0.25) is 4.57 Å². The first-order valence-electron chi connectivity index (χ1n) is 20.2. The van der Waals surface area contributed by atoms with Gasteiger partial charge in [0.25, 0.3) is 0 Å². The Morgan fingerprint density at radius 2 is 1.05 bits per heavy atom. The quantitative estimate of drug-likeness (QED) is 0.180. The smallest absolute Gasteiger partial charge is 0.235 e. The van der Waals surface area contributed by atoms with E-state index >= 15 is 0 Å². The van der Waals surface area contributed by atoms with E-state index in [1.54, 1.807) is 0 Å². The molecule has 0 bridgehead atoms. The predicted octanol–water partition coefficient (Wildman–Crippen LogP) is 13.7. The molecule has 0 radical (unpaired) electrons. The zero-order valence-electron chi connectivity index (χ0n) is 31.8. The number of ether oxygens (including phenoxy) is 1. The van der Waals surface area contributed by atoms with Crippen molar-refractivity contribution < 1.29 is 4.74 Å². The lowest BCUT2D eigenvalue weighted by Crippen LogP contribution is -2.32. The predicted molar refractivity (Wildman–Crippen MR) is 240 cm³/mol. The molecule has 59 heavy (non-hydrogen) atoms. The molecule has 13 rings (SSSR count). The third kappa shape index (κ3) is 4.37. The lowest BCUT2D eigenvalue weighted by atomic mass is 9.66. The minimum atomic E-state index is -0.606. The second kappa shape index (κ2) is 12.1. The molecule has 2 aliphatic rings. The van der Waals surface area contributed by atoms with Gasteiger partial charge in [0.1, 0.15) is 11.3 Å². The fraction of sp³-hybridized carbons (Fsp3) is 0.0182. The highest BCUT2D eigenvalue weighted by Crippen LogP contribution is 2.63. The van der Waals surface area contributed by atoms with Gasteiger partial charge in [-0.15, -0.1) is 0 Å². The molecular weight excluding hydrogens is 719 g/mol. The van der Waals surface area contributed by atoms with Gasteiger partial charge in [0.05, 0.1) is 22.1 Å². The van der Waals surface area contributed by atoms with Gasteiger partial charge < -0.3 is 4.74 Å². The van der Waals surface area contributed by atoms with Crippen LogP contribution < -0.4 is 4.74 Å². The third-order valence-corrected chi connectivity index (χ3v) is 12.7. The van der Waals surface area contributed by atoms with Crippen LogP contribution in [-0.2, 0) is 5.41 Å². The summed E-state index contributed by atoms with van der Waals surface area (Å²) in [5, 5.41) is 5.59. The molecule has 1 aliphatic heterocycles. The van der Waals surface area contributed by atoms with Crippen LogP contribution in [0.2, 0.25) is 0 Å². The van der Waals surface area contributed by atoms with Crippen LogP contribution >= 0.6 is 0 Å². The van der Waals surface area contributed by atoms with Crippen LogP contribution in [0.3, 0.4) is 0 Å². The number of hydrogen-bond donors (Lipinski definition) is 0. The summed E-state index contributed by atoms with van der Waals surface area (Å²) in [7, 11) is 0. The molecule has 1 aliphatic carbocycles. The van der Waals surface area contributed by atoms with E-state index in [0.29, 0.717) is 5.95 Å². The fourth-order valence-corrected chi connectivity index (χ4v) is 10.2. The number of nitrogens with zero attached hydrogens (tertiary/aromatic N) is 3. The Labute approximate surface area is 340 Å². The van der Waals surface area contributed by atoms with Gasteiger partial charge in [-0.2, -0.15) is 0 Å². The molecule has 0 unspecified atom stereocenters. The molecule has 274 valence electrons. The monoisotopic (exact) mass is 751 g/mol. The first-order valence-corrected chi connectivity index (χ1v) is 20.2. The Morgan fingerprint density at radius 3 is 1.85 bits per heavy atom. The van der Waals surface area contributed by atoms with E-state index in [0.717, 1.165) is 72.2 Å². The molecule has 11 aromatic rings. The number of aromatic nitrogens is 3. The van der Waals surface area contributed by atoms with Gasteiger partial charge in [0.15, 0.2) is 5.75 Å². The molecule has 2 aromatic heterocycles. The van der Waals surface area contributed by atoms with E-state index in [1.165, 1.54) is 38.6 Å². The topological polar surface area (TPSA) is 39.9 Å². The second-order valence-electron chi connectivity index (χ2n) is 15.6. The van der Waals surface area contributed by atoms with E-state index in [2.05, 4.69) is 205 Å². The van der Waals surface area contributed by atoms with Crippen molar-refractivity contribution >= 4 is 43.5 Å². The summed E-state index contributed by atoms with van der Waals surface area (Å²) < 4.78 is 9.55. The van der Waals surface area contributed by atoms with Gasteiger partial charge in [0.2, 0.25) is 5.95 Å². The van der Waals surface area contributed by atoms with Crippen molar-refractivity contribution in [1.29, 1.82) is 0 Å². The van der Waals surface area contributed by atoms with E-state index in [4.69, 9.17) is 14.7 Å². The van der Waals surface area contributed by atoms with Gasteiger partial charge in [-0.05, 0) is 62.4 Å². The lowest BCUT2D eigenvalue weighted by Gasteiger charge is -2.39. The Kier molecular flexibility index (Phi) is 6.62. The van der Waals surface area contributed by atoms with E-state index in [1.807, 2.05) is 0 Å². The SMILES string of the molecule is c1ccc(-c2ccc(-c3nc(-n4c5ccc6ccccc6c5c5ccc6c(c54)Oc4ccccc4C64c5ccccc5-c5ccccc54)nc4ccccc34)cc2)cc1. The molecule has 4 nitrogen and oxygen atoms in total. The molecule has 0 atom stereocenters. The molecule has 0 fully saturated rings. The average Bonchev–Trinajstić information content (AvgIpc) is 3.81. The van der Waals surface area contributed by atoms with E-state index in [-0.39, 0.29) is 0 Å². The summed E-state index contributed by atoms with van der Waals surface area (Å²) in [6, 6.07) is 71.6. The van der Waals surface area contributed by atoms with E-state index in [9.17, 15) is 0 Å². The van der Waals surface area contributed by atoms with Gasteiger partial charge in [0, 0.05) is 32.8 Å². The Hall–Kier alpha value is -7.82. The van der Waals surface area contributed by atoms with Crippen molar-refractivity contribution in [1.82, 2.24) is 14.5 Å². The zero-order chi connectivity index (χ0) is 38.7. The molecule has 0 amide bonds. The Morgan fingerprint density at radius 1 is 0.424 bits per heavy atom. The van der Waals surface area contributed by atoms with Gasteiger partial charge >= 0.3 is 0 Å². The molecule has 0 saturated carbocycles. The standard InChI is InChI=1S/C55H33N3O/c1-2-14-34(15-3-1)35-26-28-37(29-27-35)51-41-20-8-12-24-47(41)56-54(57-51)58-48-33-30-36-16-4-5-17-38(36)50(48)42-31-32-46-53(52(42)58)59-49-25-13-11-23-45(49)55(46)43-21-9-6-18-39(43)40-19-7-10-22-44(40)55/h1-33H. The summed E-state index contributed by atoms with van der Waals surface area (Å²) in [4.78, 5) is 10.9. The lowest BCUT2D eigenvalue weighted by molar-refractivity contribution is 0.440. The molecular formula is C55H33N3O. The summed E-state index contributed by atoms with van der Waals surface area (Å²) in [5.41, 5.74) is 13.8. The molecule has 0 saturated heterocycles. The van der Waals surface area contributed by atoms with Crippen molar-refractivity contribution in [2.24, 2.45) is 0 Å². The Balaban J connectivity index is 1.16. The molecule has 9 aromatic carbocycles. The summed E-state index contributed by atoms with van der Waals surface area (Å²) >= 11 is 0. The highest BCUT2D eigenvalue weighted by molar-refractivity contribution is 6.22.